The number of rotatable bonds is 6. The summed E-state index contributed by atoms with van der Waals surface area (Å²) in [5, 5.41) is 9.36. The average molecular weight is 480 g/mol. The minimum absolute atomic E-state index is 0.00766. The van der Waals surface area contributed by atoms with E-state index in [0.717, 1.165) is 25.1 Å². The SMILES string of the molecule is Cc1c(NC[C@H]2CC[C@H](CC(=O)N3CCN(c4ccc(C(F)(F)F)cn4)CC3)O2)cn[nH]c1=O. The van der Waals surface area contributed by atoms with Gasteiger partial charge in [-0.3, -0.25) is 9.59 Å². The normalized spacial score (nSPS) is 21.1. The molecule has 0 spiro atoms. The van der Waals surface area contributed by atoms with Crippen LogP contribution < -0.4 is 15.8 Å². The second-order valence-electron chi connectivity index (χ2n) is 8.55. The van der Waals surface area contributed by atoms with Gasteiger partial charge in [-0.25, -0.2) is 10.1 Å². The van der Waals surface area contributed by atoms with Gasteiger partial charge in [0.05, 0.1) is 36.1 Å². The number of aromatic amines is 1. The van der Waals surface area contributed by atoms with Gasteiger partial charge >= 0.3 is 6.18 Å². The third-order valence-corrected chi connectivity index (χ3v) is 6.25. The zero-order chi connectivity index (χ0) is 24.3. The Kier molecular flexibility index (Phi) is 7.05. The molecule has 2 atom stereocenters. The number of nitrogens with one attached hydrogen (secondary N) is 2. The Hall–Kier alpha value is -3.15. The number of anilines is 2. The quantitative estimate of drug-likeness (QED) is 0.653. The summed E-state index contributed by atoms with van der Waals surface area (Å²) in [4.78, 5) is 32.0. The second-order valence-corrected chi connectivity index (χ2v) is 8.55. The molecule has 4 heterocycles. The van der Waals surface area contributed by atoms with E-state index in [1.165, 1.54) is 6.07 Å². The molecule has 0 bridgehead atoms. The van der Waals surface area contributed by atoms with Crippen LogP contribution in [-0.2, 0) is 15.7 Å². The van der Waals surface area contributed by atoms with E-state index >= 15 is 0 Å². The third-order valence-electron chi connectivity index (χ3n) is 6.25. The van der Waals surface area contributed by atoms with Gasteiger partial charge < -0.3 is 19.9 Å². The molecule has 2 saturated heterocycles. The van der Waals surface area contributed by atoms with Crippen molar-refractivity contribution in [3.8, 4) is 0 Å². The Balaban J connectivity index is 1.21. The highest BCUT2D eigenvalue weighted by atomic mass is 19.4. The lowest BCUT2D eigenvalue weighted by Crippen LogP contribution is -2.49. The molecular formula is C22H27F3N6O3. The van der Waals surface area contributed by atoms with E-state index in [1.54, 1.807) is 18.0 Å². The van der Waals surface area contributed by atoms with Gasteiger partial charge in [-0.15, -0.1) is 0 Å². The molecule has 2 aliphatic heterocycles. The number of halogens is 3. The Morgan fingerprint density at radius 1 is 1.18 bits per heavy atom. The van der Waals surface area contributed by atoms with Gasteiger partial charge in [-0.05, 0) is 31.9 Å². The van der Waals surface area contributed by atoms with E-state index in [1.807, 2.05) is 4.90 Å². The number of carbonyl (C=O) groups is 1. The predicted molar refractivity (Wildman–Crippen MR) is 119 cm³/mol. The van der Waals surface area contributed by atoms with Gasteiger partial charge in [0.15, 0.2) is 0 Å². The van der Waals surface area contributed by atoms with Crippen LogP contribution in [0.5, 0.6) is 0 Å². The van der Waals surface area contributed by atoms with Crippen molar-refractivity contribution in [1.29, 1.82) is 0 Å². The van der Waals surface area contributed by atoms with Crippen molar-refractivity contribution in [2.24, 2.45) is 0 Å². The molecule has 0 saturated carbocycles. The van der Waals surface area contributed by atoms with Crippen molar-refractivity contribution in [2.75, 3.05) is 42.9 Å². The van der Waals surface area contributed by atoms with Crippen LogP contribution in [0.1, 0.15) is 30.4 Å². The highest BCUT2D eigenvalue weighted by Gasteiger charge is 2.32. The van der Waals surface area contributed by atoms with Crippen molar-refractivity contribution in [3.63, 3.8) is 0 Å². The van der Waals surface area contributed by atoms with Crippen LogP contribution in [0.3, 0.4) is 0 Å². The van der Waals surface area contributed by atoms with Crippen LogP contribution in [-0.4, -0.2) is 70.9 Å². The molecule has 2 fully saturated rings. The molecule has 12 heteroatoms. The highest BCUT2D eigenvalue weighted by molar-refractivity contribution is 5.77. The van der Waals surface area contributed by atoms with Crippen LogP contribution in [0.25, 0.3) is 0 Å². The van der Waals surface area contributed by atoms with Gasteiger partial charge in [0, 0.05) is 44.5 Å². The van der Waals surface area contributed by atoms with Crippen molar-refractivity contribution in [1.82, 2.24) is 20.1 Å². The highest BCUT2D eigenvalue weighted by Crippen LogP contribution is 2.29. The summed E-state index contributed by atoms with van der Waals surface area (Å²) in [6, 6.07) is 2.39. The largest absolute Gasteiger partial charge is 0.417 e. The van der Waals surface area contributed by atoms with Gasteiger partial charge in [-0.2, -0.15) is 18.3 Å². The van der Waals surface area contributed by atoms with Crippen molar-refractivity contribution in [3.05, 3.63) is 46.0 Å². The molecule has 2 aromatic heterocycles. The second kappa shape index (κ2) is 10.00. The fraction of sp³-hybridized carbons (Fsp3) is 0.545. The van der Waals surface area contributed by atoms with E-state index in [2.05, 4.69) is 20.5 Å². The molecule has 2 aromatic rings. The number of alkyl halides is 3. The predicted octanol–water partition coefficient (Wildman–Crippen LogP) is 2.19. The molecule has 0 radical (unpaired) electrons. The summed E-state index contributed by atoms with van der Waals surface area (Å²) in [6.45, 7) is 4.21. The van der Waals surface area contributed by atoms with Gasteiger partial charge in [0.25, 0.3) is 5.56 Å². The molecule has 34 heavy (non-hydrogen) atoms. The first-order valence-corrected chi connectivity index (χ1v) is 11.2. The Labute approximate surface area is 194 Å². The molecule has 0 aliphatic carbocycles. The maximum Gasteiger partial charge on any atom is 0.417 e. The van der Waals surface area contributed by atoms with Crippen LogP contribution in [0.2, 0.25) is 0 Å². The number of pyridine rings is 1. The molecule has 2 N–H and O–H groups in total. The number of aromatic nitrogens is 3. The number of ether oxygens (including phenoxy) is 1. The van der Waals surface area contributed by atoms with Gasteiger partial charge in [-0.1, -0.05) is 0 Å². The van der Waals surface area contributed by atoms with Crippen LogP contribution in [0.4, 0.5) is 24.7 Å². The maximum absolute atomic E-state index is 12.7. The first-order chi connectivity index (χ1) is 16.2. The summed E-state index contributed by atoms with van der Waals surface area (Å²) in [5.41, 5.74) is 0.201. The van der Waals surface area contributed by atoms with Crippen molar-refractivity contribution < 1.29 is 22.7 Å². The topological polar surface area (TPSA) is 103 Å². The van der Waals surface area contributed by atoms with Crippen LogP contribution in [0.15, 0.2) is 29.3 Å². The van der Waals surface area contributed by atoms with E-state index in [4.69, 9.17) is 4.74 Å². The number of piperazine rings is 1. The Morgan fingerprint density at radius 2 is 1.91 bits per heavy atom. The number of H-pyrrole nitrogens is 1. The summed E-state index contributed by atoms with van der Waals surface area (Å²) in [5.74, 6) is 0.480. The summed E-state index contributed by atoms with van der Waals surface area (Å²) in [7, 11) is 0. The molecule has 9 nitrogen and oxygen atoms in total. The van der Waals surface area contributed by atoms with E-state index < -0.39 is 11.7 Å². The monoisotopic (exact) mass is 480 g/mol. The van der Waals surface area contributed by atoms with E-state index in [-0.39, 0.29) is 23.7 Å². The first kappa shape index (κ1) is 24.0. The molecule has 4 rings (SSSR count). The summed E-state index contributed by atoms with van der Waals surface area (Å²) in [6.07, 6.45) is -0.346. The van der Waals surface area contributed by atoms with Crippen molar-refractivity contribution >= 4 is 17.4 Å². The lowest BCUT2D eigenvalue weighted by Gasteiger charge is -2.36. The zero-order valence-electron chi connectivity index (χ0n) is 18.8. The van der Waals surface area contributed by atoms with Crippen LogP contribution in [0, 0.1) is 6.92 Å². The molecule has 0 unspecified atom stereocenters. The molecule has 0 aromatic carbocycles. The average Bonchev–Trinajstić information content (AvgIpc) is 3.27. The molecule has 1 amide bonds. The first-order valence-electron chi connectivity index (χ1n) is 11.2. The standard InChI is InChI=1S/C22H27F3N6O3/c1-14-18(13-28-29-21(14)33)26-12-17-4-3-16(34-17)10-20(32)31-8-6-30(7-9-31)19-5-2-15(11-27-19)22(23,24)25/h2,5,11,13,16-17H,3-4,6-10,12H2,1H3,(H2,26,29,33)/t16-,17-/m1/s1. The minimum atomic E-state index is -4.41. The fourth-order valence-corrected chi connectivity index (χ4v) is 4.19. The van der Waals surface area contributed by atoms with Gasteiger partial charge in [0.1, 0.15) is 5.82 Å². The Morgan fingerprint density at radius 3 is 2.59 bits per heavy atom. The third kappa shape index (κ3) is 5.66. The van der Waals surface area contributed by atoms with Crippen molar-refractivity contribution in [2.45, 2.75) is 44.6 Å². The van der Waals surface area contributed by atoms with Gasteiger partial charge in [0.2, 0.25) is 5.91 Å². The summed E-state index contributed by atoms with van der Waals surface area (Å²) < 4.78 is 44.2. The number of amides is 1. The van der Waals surface area contributed by atoms with E-state index in [9.17, 15) is 22.8 Å². The fourth-order valence-electron chi connectivity index (χ4n) is 4.19. The number of nitrogens with zero attached hydrogens (tertiary/aromatic N) is 4. The maximum atomic E-state index is 12.7. The number of hydrogen-bond acceptors (Lipinski definition) is 7. The number of carbonyl (C=O) groups excluding carboxylic acids is 1. The molecule has 184 valence electrons. The molecule has 2 aliphatic rings. The molecular weight excluding hydrogens is 453 g/mol. The minimum Gasteiger partial charge on any atom is -0.381 e. The Bertz CT molecular complexity index is 1050. The zero-order valence-corrected chi connectivity index (χ0v) is 18.8. The lowest BCUT2D eigenvalue weighted by atomic mass is 10.1. The lowest BCUT2D eigenvalue weighted by molar-refractivity contribution is -0.138. The van der Waals surface area contributed by atoms with Crippen LogP contribution >= 0.6 is 0 Å². The summed E-state index contributed by atoms with van der Waals surface area (Å²) >= 11 is 0. The number of hydrogen-bond donors (Lipinski definition) is 2. The van der Waals surface area contributed by atoms with E-state index in [0.29, 0.717) is 56.2 Å². The smallest absolute Gasteiger partial charge is 0.381 e.